The molecule has 19 heavy (non-hydrogen) atoms. The largest absolute Gasteiger partial charge is 0.269 e. The summed E-state index contributed by atoms with van der Waals surface area (Å²) in [5, 5.41) is 1.92. The summed E-state index contributed by atoms with van der Waals surface area (Å²) in [6, 6.07) is 6.91. The molecule has 2 N–H and O–H groups in total. The topological polar surface area (TPSA) is 71.1 Å². The third-order valence-corrected chi connectivity index (χ3v) is 3.02. The number of hydrogen-bond acceptors (Lipinski definition) is 4. The highest BCUT2D eigenvalue weighted by atomic mass is 32.1. The first-order valence-corrected chi connectivity index (χ1v) is 6.35. The Morgan fingerprint density at radius 2 is 1.95 bits per heavy atom. The zero-order chi connectivity index (χ0) is 13.5. The molecule has 96 valence electrons. The number of carbonyl (C=O) groups excluding carboxylic acids is 2. The molecule has 2 heterocycles. The van der Waals surface area contributed by atoms with Gasteiger partial charge in [0.1, 0.15) is 0 Å². The van der Waals surface area contributed by atoms with Crippen molar-refractivity contribution in [1.82, 2.24) is 15.8 Å². The molecule has 6 heteroatoms. The molecular weight excluding hydrogens is 262 g/mol. The van der Waals surface area contributed by atoms with Crippen molar-refractivity contribution in [2.45, 2.75) is 0 Å². The first-order chi connectivity index (χ1) is 9.25. The van der Waals surface area contributed by atoms with Crippen molar-refractivity contribution in [1.29, 1.82) is 0 Å². The van der Waals surface area contributed by atoms with Gasteiger partial charge in [-0.1, -0.05) is 6.07 Å². The molecule has 0 unspecified atom stereocenters. The Morgan fingerprint density at radius 1 is 1.16 bits per heavy atom. The fourth-order valence-electron chi connectivity index (χ4n) is 1.28. The zero-order valence-electron chi connectivity index (χ0n) is 9.87. The summed E-state index contributed by atoms with van der Waals surface area (Å²) in [4.78, 5) is 27.8. The third kappa shape index (κ3) is 4.04. The number of aromatic nitrogens is 1. The van der Waals surface area contributed by atoms with Gasteiger partial charge in [0.25, 0.3) is 11.8 Å². The van der Waals surface area contributed by atoms with Crippen LogP contribution in [-0.4, -0.2) is 16.8 Å². The summed E-state index contributed by atoms with van der Waals surface area (Å²) in [6.45, 7) is 0. The fourth-order valence-corrected chi connectivity index (χ4v) is 1.90. The smallest absolute Gasteiger partial charge is 0.268 e. The summed E-state index contributed by atoms with van der Waals surface area (Å²) in [5.74, 6) is -0.781. The Labute approximate surface area is 114 Å². The fraction of sp³-hybridized carbons (Fsp3) is 0. The number of nitrogens with zero attached hydrogens (tertiary/aromatic N) is 1. The van der Waals surface area contributed by atoms with Gasteiger partial charge in [-0.05, 0) is 29.7 Å². The molecule has 2 aromatic heterocycles. The van der Waals surface area contributed by atoms with Gasteiger partial charge in [0.05, 0.1) is 0 Å². The molecule has 0 bridgehead atoms. The molecule has 0 saturated carbocycles. The predicted octanol–water partition coefficient (Wildman–Crippen LogP) is 1.62. The highest BCUT2D eigenvalue weighted by molar-refractivity contribution is 7.10. The van der Waals surface area contributed by atoms with Crippen LogP contribution in [0.5, 0.6) is 0 Å². The van der Waals surface area contributed by atoms with Crippen LogP contribution >= 0.6 is 11.3 Å². The van der Waals surface area contributed by atoms with E-state index < -0.39 is 5.91 Å². The van der Waals surface area contributed by atoms with Gasteiger partial charge in [-0.15, -0.1) is 11.3 Å². The van der Waals surface area contributed by atoms with Crippen molar-refractivity contribution in [2.75, 3.05) is 0 Å². The van der Waals surface area contributed by atoms with Gasteiger partial charge in [0.15, 0.2) is 0 Å². The lowest BCUT2D eigenvalue weighted by molar-refractivity contribution is -0.117. The van der Waals surface area contributed by atoms with Crippen molar-refractivity contribution in [3.05, 3.63) is 58.6 Å². The summed E-state index contributed by atoms with van der Waals surface area (Å²) in [6.07, 6.45) is 6.05. The third-order valence-electron chi connectivity index (χ3n) is 2.18. The number of rotatable bonds is 3. The molecule has 0 spiro atoms. The minimum atomic E-state index is -0.393. The Kier molecular flexibility index (Phi) is 4.41. The van der Waals surface area contributed by atoms with E-state index in [1.165, 1.54) is 29.8 Å². The first-order valence-electron chi connectivity index (χ1n) is 5.47. The van der Waals surface area contributed by atoms with E-state index in [2.05, 4.69) is 15.8 Å². The molecule has 2 aromatic rings. The molecule has 0 aliphatic carbocycles. The molecule has 0 saturated heterocycles. The molecule has 2 amide bonds. The second kappa shape index (κ2) is 6.46. The number of amides is 2. The van der Waals surface area contributed by atoms with Crippen LogP contribution in [-0.2, 0) is 4.79 Å². The Morgan fingerprint density at radius 3 is 2.63 bits per heavy atom. The normalized spacial score (nSPS) is 10.3. The van der Waals surface area contributed by atoms with Crippen molar-refractivity contribution >= 4 is 29.2 Å². The Hall–Kier alpha value is -2.47. The number of nitrogens with one attached hydrogen (secondary N) is 2. The van der Waals surface area contributed by atoms with Gasteiger partial charge in [-0.25, -0.2) is 0 Å². The van der Waals surface area contributed by atoms with Crippen LogP contribution in [0.15, 0.2) is 48.1 Å². The monoisotopic (exact) mass is 273 g/mol. The van der Waals surface area contributed by atoms with Crippen LogP contribution < -0.4 is 10.9 Å². The number of carbonyl (C=O) groups is 2. The van der Waals surface area contributed by atoms with Crippen molar-refractivity contribution in [3.8, 4) is 0 Å². The predicted molar refractivity (Wildman–Crippen MR) is 73.2 cm³/mol. The number of thiophene rings is 1. The number of hydrazine groups is 1. The van der Waals surface area contributed by atoms with Crippen LogP contribution in [0.4, 0.5) is 0 Å². The molecule has 0 aliphatic heterocycles. The van der Waals surface area contributed by atoms with Gasteiger partial charge in [0.2, 0.25) is 0 Å². The molecule has 2 rings (SSSR count). The molecule has 0 fully saturated rings. The van der Waals surface area contributed by atoms with E-state index in [9.17, 15) is 9.59 Å². The van der Waals surface area contributed by atoms with Crippen molar-refractivity contribution < 1.29 is 9.59 Å². The van der Waals surface area contributed by atoms with Gasteiger partial charge >= 0.3 is 0 Å². The van der Waals surface area contributed by atoms with Crippen molar-refractivity contribution in [3.63, 3.8) is 0 Å². The highest BCUT2D eigenvalue weighted by Crippen LogP contribution is 2.09. The molecular formula is C13H11N3O2S. The van der Waals surface area contributed by atoms with Crippen LogP contribution in [0.2, 0.25) is 0 Å². The summed E-state index contributed by atoms with van der Waals surface area (Å²) in [7, 11) is 0. The minimum absolute atomic E-state index is 0.389. The standard InChI is InChI=1S/C13H11N3O2S/c17-12(4-3-11-2-1-9-19-11)15-16-13(18)10-5-7-14-8-6-10/h1-9H,(H,15,17)(H,16,18). The van der Waals surface area contributed by atoms with Crippen LogP contribution in [0, 0.1) is 0 Å². The van der Waals surface area contributed by atoms with E-state index in [1.807, 2.05) is 17.5 Å². The van der Waals surface area contributed by atoms with Gasteiger partial charge in [-0.3, -0.25) is 25.4 Å². The maximum Gasteiger partial charge on any atom is 0.269 e. The van der Waals surface area contributed by atoms with E-state index in [4.69, 9.17) is 0 Å². The lowest BCUT2D eigenvalue weighted by atomic mass is 10.3. The maximum atomic E-state index is 11.6. The second-order valence-electron chi connectivity index (χ2n) is 3.53. The molecule has 5 nitrogen and oxygen atoms in total. The lowest BCUT2D eigenvalue weighted by Gasteiger charge is -2.04. The maximum absolute atomic E-state index is 11.6. The second-order valence-corrected chi connectivity index (χ2v) is 4.51. The quantitative estimate of drug-likeness (QED) is 0.659. The van der Waals surface area contributed by atoms with E-state index >= 15 is 0 Å². The van der Waals surface area contributed by atoms with Gasteiger partial charge < -0.3 is 0 Å². The number of pyridine rings is 1. The van der Waals surface area contributed by atoms with Gasteiger partial charge in [-0.2, -0.15) is 0 Å². The lowest BCUT2D eigenvalue weighted by Crippen LogP contribution is -2.40. The molecule has 0 aromatic carbocycles. The molecule has 0 radical (unpaired) electrons. The average Bonchev–Trinajstić information content (AvgIpc) is 2.96. The summed E-state index contributed by atoms with van der Waals surface area (Å²) in [5.41, 5.74) is 5.05. The van der Waals surface area contributed by atoms with Crippen molar-refractivity contribution in [2.24, 2.45) is 0 Å². The summed E-state index contributed by atoms with van der Waals surface area (Å²) < 4.78 is 0. The molecule has 0 atom stereocenters. The van der Waals surface area contributed by atoms with E-state index in [0.717, 1.165) is 4.88 Å². The van der Waals surface area contributed by atoms with Crippen LogP contribution in [0.1, 0.15) is 15.2 Å². The van der Waals surface area contributed by atoms with E-state index in [-0.39, 0.29) is 5.91 Å². The SMILES string of the molecule is O=C(C=Cc1cccs1)NNC(=O)c1ccncc1. The number of hydrogen-bond donors (Lipinski definition) is 2. The van der Waals surface area contributed by atoms with Crippen LogP contribution in [0.3, 0.4) is 0 Å². The minimum Gasteiger partial charge on any atom is -0.268 e. The average molecular weight is 273 g/mol. The zero-order valence-corrected chi connectivity index (χ0v) is 10.7. The summed E-state index contributed by atoms with van der Waals surface area (Å²) >= 11 is 1.53. The first kappa shape index (κ1) is 13.0. The molecule has 0 aliphatic rings. The Balaban J connectivity index is 1.82. The van der Waals surface area contributed by atoms with Crippen LogP contribution in [0.25, 0.3) is 6.08 Å². The Bertz CT molecular complexity index is 579. The van der Waals surface area contributed by atoms with Gasteiger partial charge in [0, 0.05) is 28.9 Å². The highest BCUT2D eigenvalue weighted by Gasteiger charge is 2.04. The van der Waals surface area contributed by atoms with E-state index in [0.29, 0.717) is 5.56 Å². The van der Waals surface area contributed by atoms with E-state index in [1.54, 1.807) is 18.2 Å².